The Bertz CT molecular complexity index is 767. The molecule has 0 spiro atoms. The molecule has 3 rings (SSSR count). The Morgan fingerprint density at radius 2 is 1.00 bits per heavy atom. The quantitative estimate of drug-likeness (QED) is 0.653. The Kier molecular flexibility index (Phi) is 5.51. The molecule has 2 aromatic carbocycles. The number of nitrogens with zero attached hydrogens (tertiary/aromatic N) is 2. The van der Waals surface area contributed by atoms with Crippen LogP contribution in [-0.2, 0) is 4.74 Å². The summed E-state index contributed by atoms with van der Waals surface area (Å²) < 4.78 is 6.67. The van der Waals surface area contributed by atoms with E-state index in [-0.39, 0.29) is 12.0 Å². The SMILES string of the molecule is Cc1cc(C)c(N2CCN(c3c(C)cc(C)cc3C)C2OC(C)(C)C)c(C)c1. The smallest absolute Gasteiger partial charge is 0.211 e. The number of anilines is 2. The second-order valence-corrected chi connectivity index (χ2v) is 9.44. The van der Waals surface area contributed by atoms with E-state index in [4.69, 9.17) is 4.74 Å². The summed E-state index contributed by atoms with van der Waals surface area (Å²) in [6, 6.07) is 9.12. The fourth-order valence-corrected chi connectivity index (χ4v) is 4.74. The third-order valence-electron chi connectivity index (χ3n) is 5.42. The van der Waals surface area contributed by atoms with Crippen molar-refractivity contribution < 1.29 is 4.74 Å². The Morgan fingerprint density at radius 3 is 1.29 bits per heavy atom. The highest BCUT2D eigenvalue weighted by Gasteiger charge is 2.38. The summed E-state index contributed by atoms with van der Waals surface area (Å²) in [5.41, 5.74) is 10.3. The van der Waals surface area contributed by atoms with E-state index < -0.39 is 0 Å². The van der Waals surface area contributed by atoms with Crippen molar-refractivity contribution in [3.05, 3.63) is 57.6 Å². The van der Waals surface area contributed by atoms with Crippen LogP contribution in [0.5, 0.6) is 0 Å². The average Bonchev–Trinajstić information content (AvgIpc) is 2.87. The van der Waals surface area contributed by atoms with Crippen molar-refractivity contribution in [3.8, 4) is 0 Å². The number of benzene rings is 2. The molecule has 0 N–H and O–H groups in total. The maximum atomic E-state index is 6.67. The molecular weight excluding hydrogens is 344 g/mol. The predicted molar refractivity (Wildman–Crippen MR) is 121 cm³/mol. The molecule has 0 saturated carbocycles. The van der Waals surface area contributed by atoms with Gasteiger partial charge in [0.1, 0.15) is 0 Å². The second kappa shape index (κ2) is 7.44. The number of ether oxygens (including phenoxy) is 1. The van der Waals surface area contributed by atoms with E-state index in [9.17, 15) is 0 Å². The first-order valence-corrected chi connectivity index (χ1v) is 10.3. The molecule has 1 saturated heterocycles. The molecule has 0 aliphatic carbocycles. The highest BCUT2D eigenvalue weighted by atomic mass is 16.5. The molecular formula is C25H36N2O. The van der Waals surface area contributed by atoms with Gasteiger partial charge in [-0.15, -0.1) is 0 Å². The van der Waals surface area contributed by atoms with Crippen LogP contribution in [0.1, 0.15) is 54.2 Å². The van der Waals surface area contributed by atoms with Gasteiger partial charge in [-0.1, -0.05) is 35.4 Å². The zero-order valence-corrected chi connectivity index (χ0v) is 19.1. The van der Waals surface area contributed by atoms with Crippen molar-refractivity contribution in [2.75, 3.05) is 22.9 Å². The summed E-state index contributed by atoms with van der Waals surface area (Å²) in [5.74, 6) is 0. The van der Waals surface area contributed by atoms with E-state index in [0.717, 1.165) is 13.1 Å². The van der Waals surface area contributed by atoms with Crippen molar-refractivity contribution in [2.45, 2.75) is 74.3 Å². The average molecular weight is 381 g/mol. The van der Waals surface area contributed by atoms with Gasteiger partial charge in [-0.05, 0) is 84.6 Å². The summed E-state index contributed by atoms with van der Waals surface area (Å²) in [6.45, 7) is 21.6. The summed E-state index contributed by atoms with van der Waals surface area (Å²) >= 11 is 0. The molecule has 0 unspecified atom stereocenters. The van der Waals surface area contributed by atoms with E-state index in [1.165, 1.54) is 44.8 Å². The number of aryl methyl sites for hydroxylation is 6. The van der Waals surface area contributed by atoms with Crippen molar-refractivity contribution in [3.63, 3.8) is 0 Å². The molecule has 152 valence electrons. The van der Waals surface area contributed by atoms with Gasteiger partial charge in [0.25, 0.3) is 0 Å². The molecule has 3 nitrogen and oxygen atoms in total. The largest absolute Gasteiger partial charge is 0.335 e. The predicted octanol–water partition coefficient (Wildman–Crippen LogP) is 5.96. The van der Waals surface area contributed by atoms with Gasteiger partial charge in [-0.25, -0.2) is 0 Å². The monoisotopic (exact) mass is 380 g/mol. The minimum Gasteiger partial charge on any atom is -0.335 e. The van der Waals surface area contributed by atoms with E-state index in [0.29, 0.717) is 0 Å². The molecule has 1 aliphatic rings. The fraction of sp³-hybridized carbons (Fsp3) is 0.520. The molecule has 1 fully saturated rings. The molecule has 0 bridgehead atoms. The Labute approximate surface area is 171 Å². The summed E-state index contributed by atoms with van der Waals surface area (Å²) in [6.07, 6.45) is -0.111. The zero-order valence-electron chi connectivity index (χ0n) is 19.1. The fourth-order valence-electron chi connectivity index (χ4n) is 4.74. The molecule has 0 atom stereocenters. The minimum absolute atomic E-state index is 0.111. The van der Waals surface area contributed by atoms with Crippen LogP contribution in [-0.4, -0.2) is 25.0 Å². The lowest BCUT2D eigenvalue weighted by molar-refractivity contribution is -0.0526. The summed E-state index contributed by atoms with van der Waals surface area (Å²) in [7, 11) is 0. The van der Waals surface area contributed by atoms with Gasteiger partial charge >= 0.3 is 0 Å². The van der Waals surface area contributed by atoms with Crippen LogP contribution in [0, 0.1) is 41.5 Å². The lowest BCUT2D eigenvalue weighted by atomic mass is 10.0. The lowest BCUT2D eigenvalue weighted by Gasteiger charge is -2.39. The maximum Gasteiger partial charge on any atom is 0.211 e. The van der Waals surface area contributed by atoms with Gasteiger partial charge in [0.15, 0.2) is 0 Å². The Morgan fingerprint density at radius 1 is 0.679 bits per heavy atom. The third kappa shape index (κ3) is 4.05. The van der Waals surface area contributed by atoms with Crippen molar-refractivity contribution >= 4 is 11.4 Å². The first-order valence-electron chi connectivity index (χ1n) is 10.3. The molecule has 1 aliphatic heterocycles. The van der Waals surface area contributed by atoms with Crippen LogP contribution in [0.4, 0.5) is 11.4 Å². The van der Waals surface area contributed by atoms with E-state index in [1.54, 1.807) is 0 Å². The molecule has 0 aromatic heterocycles. The highest BCUT2D eigenvalue weighted by Crippen LogP contribution is 2.38. The number of hydrogen-bond donors (Lipinski definition) is 0. The van der Waals surface area contributed by atoms with Crippen LogP contribution >= 0.6 is 0 Å². The minimum atomic E-state index is -0.232. The Balaban J connectivity index is 2.10. The zero-order chi connectivity index (χ0) is 20.8. The van der Waals surface area contributed by atoms with Crippen LogP contribution < -0.4 is 9.80 Å². The van der Waals surface area contributed by atoms with Crippen molar-refractivity contribution in [1.29, 1.82) is 0 Å². The van der Waals surface area contributed by atoms with Crippen LogP contribution in [0.15, 0.2) is 24.3 Å². The topological polar surface area (TPSA) is 15.7 Å². The molecule has 1 heterocycles. The molecule has 0 amide bonds. The van der Waals surface area contributed by atoms with Gasteiger partial charge in [-0.3, -0.25) is 0 Å². The van der Waals surface area contributed by atoms with Crippen LogP contribution in [0.25, 0.3) is 0 Å². The van der Waals surface area contributed by atoms with Crippen LogP contribution in [0.2, 0.25) is 0 Å². The van der Waals surface area contributed by atoms with E-state index in [2.05, 4.69) is 96.4 Å². The lowest BCUT2D eigenvalue weighted by Crippen LogP contribution is -2.46. The first-order chi connectivity index (χ1) is 13.0. The highest BCUT2D eigenvalue weighted by molar-refractivity contribution is 5.67. The van der Waals surface area contributed by atoms with Gasteiger partial charge in [-0.2, -0.15) is 0 Å². The standard InChI is InChI=1S/C25H36N2O/c1-16-12-18(3)22(19(4)13-16)26-10-11-27(24(26)28-25(7,8)9)23-20(5)14-17(2)15-21(23)6/h12-15,24H,10-11H2,1-9H3. The van der Waals surface area contributed by atoms with Crippen LogP contribution in [0.3, 0.4) is 0 Å². The third-order valence-corrected chi connectivity index (χ3v) is 5.42. The molecule has 0 radical (unpaired) electrons. The number of hydrogen-bond acceptors (Lipinski definition) is 3. The molecule has 28 heavy (non-hydrogen) atoms. The van der Waals surface area contributed by atoms with Gasteiger partial charge in [0, 0.05) is 24.5 Å². The molecule has 2 aromatic rings. The van der Waals surface area contributed by atoms with Gasteiger partial charge in [0.05, 0.1) is 5.60 Å². The molecule has 3 heteroatoms. The number of rotatable bonds is 3. The normalized spacial score (nSPS) is 15.6. The van der Waals surface area contributed by atoms with Gasteiger partial charge in [0.2, 0.25) is 6.35 Å². The van der Waals surface area contributed by atoms with Crippen molar-refractivity contribution in [2.24, 2.45) is 0 Å². The Hall–Kier alpha value is -2.00. The maximum absolute atomic E-state index is 6.67. The van der Waals surface area contributed by atoms with E-state index >= 15 is 0 Å². The van der Waals surface area contributed by atoms with Gasteiger partial charge < -0.3 is 14.5 Å². The van der Waals surface area contributed by atoms with E-state index in [1.807, 2.05) is 0 Å². The van der Waals surface area contributed by atoms with Crippen molar-refractivity contribution in [1.82, 2.24) is 0 Å². The first kappa shape index (κ1) is 20.7. The summed E-state index contributed by atoms with van der Waals surface area (Å²) in [5, 5.41) is 0. The summed E-state index contributed by atoms with van der Waals surface area (Å²) in [4.78, 5) is 4.90. The second-order valence-electron chi connectivity index (χ2n) is 9.44.